The first-order valence-corrected chi connectivity index (χ1v) is 4.90. The lowest BCUT2D eigenvalue weighted by Crippen LogP contribution is -2.30. The molecule has 0 spiro atoms. The van der Waals surface area contributed by atoms with Crippen molar-refractivity contribution >= 4 is 11.9 Å². The maximum absolute atomic E-state index is 11.0. The minimum atomic E-state index is -0.144. The number of unbranched alkanes of at least 4 members (excludes halogenated alkanes) is 1. The molecule has 14 heavy (non-hydrogen) atoms. The van der Waals surface area contributed by atoms with Gasteiger partial charge in [-0.2, -0.15) is 0 Å². The monoisotopic (exact) mass is 201 g/mol. The molecule has 0 fully saturated rings. The fourth-order valence-electron chi connectivity index (χ4n) is 0.905. The highest BCUT2D eigenvalue weighted by molar-refractivity contribution is 5.74. The predicted molar refractivity (Wildman–Crippen MR) is 55.0 cm³/mol. The largest absolute Gasteiger partial charge is 0.466 e. The molecule has 0 unspecified atom stereocenters. The summed E-state index contributed by atoms with van der Waals surface area (Å²) in [5.41, 5.74) is 5.08. The van der Waals surface area contributed by atoms with Crippen molar-refractivity contribution in [1.82, 2.24) is 5.32 Å². The summed E-state index contributed by atoms with van der Waals surface area (Å²) >= 11 is 0. The molecule has 5 nitrogen and oxygen atoms in total. The summed E-state index contributed by atoms with van der Waals surface area (Å²) in [7, 11) is 0. The fourth-order valence-corrected chi connectivity index (χ4v) is 0.905. The Bertz CT molecular complexity index is 183. The zero-order chi connectivity index (χ0) is 10.8. The van der Waals surface area contributed by atoms with Crippen LogP contribution in [0.3, 0.4) is 0 Å². The number of ether oxygens (including phenoxy) is 1. The molecule has 0 aliphatic rings. The summed E-state index contributed by atoms with van der Waals surface area (Å²) in [5, 5.41) is 9.55. The van der Waals surface area contributed by atoms with E-state index in [9.17, 15) is 4.79 Å². The molecule has 0 aliphatic heterocycles. The first-order valence-electron chi connectivity index (χ1n) is 4.90. The van der Waals surface area contributed by atoms with Crippen molar-refractivity contribution in [3.05, 3.63) is 0 Å². The lowest BCUT2D eigenvalue weighted by atomic mass is 10.2. The predicted octanol–water partition coefficient (Wildman–Crippen LogP) is 0.593. The molecule has 0 aromatic heterocycles. The van der Waals surface area contributed by atoms with Gasteiger partial charge in [-0.15, -0.1) is 0 Å². The SMILES string of the molecule is CCCOC(=O)CCCCNC(=N)N. The van der Waals surface area contributed by atoms with Crippen LogP contribution in [-0.2, 0) is 9.53 Å². The van der Waals surface area contributed by atoms with Crippen LogP contribution >= 0.6 is 0 Å². The van der Waals surface area contributed by atoms with E-state index in [-0.39, 0.29) is 11.9 Å². The molecule has 82 valence electrons. The second-order valence-electron chi connectivity index (χ2n) is 3.02. The zero-order valence-corrected chi connectivity index (χ0v) is 8.64. The van der Waals surface area contributed by atoms with Crippen LogP contribution < -0.4 is 11.1 Å². The smallest absolute Gasteiger partial charge is 0.305 e. The van der Waals surface area contributed by atoms with E-state index in [4.69, 9.17) is 15.9 Å². The van der Waals surface area contributed by atoms with Crippen molar-refractivity contribution in [2.45, 2.75) is 32.6 Å². The molecule has 0 aromatic carbocycles. The summed E-state index contributed by atoms with van der Waals surface area (Å²) < 4.78 is 4.89. The van der Waals surface area contributed by atoms with Gasteiger partial charge < -0.3 is 15.8 Å². The number of carbonyl (C=O) groups is 1. The van der Waals surface area contributed by atoms with Crippen molar-refractivity contribution < 1.29 is 9.53 Å². The van der Waals surface area contributed by atoms with Crippen molar-refractivity contribution in [2.24, 2.45) is 5.73 Å². The average Bonchev–Trinajstić information content (AvgIpc) is 2.13. The molecule has 0 rings (SSSR count). The van der Waals surface area contributed by atoms with Crippen molar-refractivity contribution in [1.29, 1.82) is 5.41 Å². The summed E-state index contributed by atoms with van der Waals surface area (Å²) in [6.07, 6.45) is 2.89. The Morgan fingerprint density at radius 1 is 1.50 bits per heavy atom. The van der Waals surface area contributed by atoms with Crippen LogP contribution in [0.25, 0.3) is 0 Å². The first kappa shape index (κ1) is 12.7. The van der Waals surface area contributed by atoms with Gasteiger partial charge in [0.15, 0.2) is 5.96 Å². The lowest BCUT2D eigenvalue weighted by molar-refractivity contribution is -0.143. The minimum Gasteiger partial charge on any atom is -0.466 e. The summed E-state index contributed by atoms with van der Waals surface area (Å²) in [6, 6.07) is 0. The van der Waals surface area contributed by atoms with Crippen LogP contribution in [0.15, 0.2) is 0 Å². The standard InChI is InChI=1S/C9H19N3O2/c1-2-7-14-8(13)5-3-4-6-12-9(10)11/h2-7H2,1H3,(H4,10,11,12). The Morgan fingerprint density at radius 2 is 2.21 bits per heavy atom. The number of hydrogen-bond donors (Lipinski definition) is 3. The second-order valence-corrected chi connectivity index (χ2v) is 3.02. The van der Waals surface area contributed by atoms with Crippen LogP contribution in [0, 0.1) is 5.41 Å². The minimum absolute atomic E-state index is 0.0291. The highest BCUT2D eigenvalue weighted by Gasteiger charge is 2.00. The van der Waals surface area contributed by atoms with Gasteiger partial charge in [-0.05, 0) is 19.3 Å². The highest BCUT2D eigenvalue weighted by atomic mass is 16.5. The summed E-state index contributed by atoms with van der Waals surface area (Å²) in [4.78, 5) is 11.0. The molecule has 5 heteroatoms. The molecule has 0 radical (unpaired) electrons. The Kier molecular flexibility index (Phi) is 7.59. The first-order chi connectivity index (χ1) is 6.66. The van der Waals surface area contributed by atoms with Gasteiger partial charge >= 0.3 is 5.97 Å². The van der Waals surface area contributed by atoms with Gasteiger partial charge in [0.2, 0.25) is 0 Å². The van der Waals surface area contributed by atoms with Crippen LogP contribution in [0.1, 0.15) is 32.6 Å². The van der Waals surface area contributed by atoms with Gasteiger partial charge in [-0.3, -0.25) is 10.2 Å². The van der Waals surface area contributed by atoms with E-state index in [0.717, 1.165) is 19.3 Å². The van der Waals surface area contributed by atoms with E-state index in [1.54, 1.807) is 0 Å². The number of carbonyl (C=O) groups excluding carboxylic acids is 1. The third-order valence-corrected chi connectivity index (χ3v) is 1.59. The number of nitrogens with two attached hydrogens (primary N) is 1. The van der Waals surface area contributed by atoms with E-state index in [0.29, 0.717) is 19.6 Å². The summed E-state index contributed by atoms with van der Waals surface area (Å²) in [5.74, 6) is -0.173. The van der Waals surface area contributed by atoms with Crippen LogP contribution in [0.5, 0.6) is 0 Å². The highest BCUT2D eigenvalue weighted by Crippen LogP contribution is 1.97. The number of guanidine groups is 1. The molecule has 0 aromatic rings. The normalized spacial score (nSPS) is 9.50. The zero-order valence-electron chi connectivity index (χ0n) is 8.64. The molecule has 0 amide bonds. The van der Waals surface area contributed by atoms with Crippen LogP contribution in [-0.4, -0.2) is 25.1 Å². The quantitative estimate of drug-likeness (QED) is 0.243. The summed E-state index contributed by atoms with van der Waals surface area (Å²) in [6.45, 7) is 3.10. The van der Waals surface area contributed by atoms with E-state index in [1.807, 2.05) is 6.92 Å². The second kappa shape index (κ2) is 8.34. The van der Waals surface area contributed by atoms with Gasteiger partial charge in [0.05, 0.1) is 6.61 Å². The fraction of sp³-hybridized carbons (Fsp3) is 0.778. The number of rotatable bonds is 7. The van der Waals surface area contributed by atoms with Crippen molar-refractivity contribution in [3.63, 3.8) is 0 Å². The average molecular weight is 201 g/mol. The van der Waals surface area contributed by atoms with Gasteiger partial charge in [0.1, 0.15) is 0 Å². The molecule has 0 heterocycles. The maximum atomic E-state index is 11.0. The molecular formula is C9H19N3O2. The molecule has 4 N–H and O–H groups in total. The molecule has 0 bridgehead atoms. The van der Waals surface area contributed by atoms with E-state index >= 15 is 0 Å². The molecular weight excluding hydrogens is 182 g/mol. The Labute approximate surface area is 84.5 Å². The van der Waals surface area contributed by atoms with Crippen molar-refractivity contribution in [2.75, 3.05) is 13.2 Å². The topological polar surface area (TPSA) is 88.2 Å². The van der Waals surface area contributed by atoms with Crippen LogP contribution in [0.2, 0.25) is 0 Å². The molecule has 0 saturated carbocycles. The Hall–Kier alpha value is -1.26. The maximum Gasteiger partial charge on any atom is 0.305 e. The lowest BCUT2D eigenvalue weighted by Gasteiger charge is -2.04. The Balaban J connectivity index is 3.19. The third kappa shape index (κ3) is 8.83. The van der Waals surface area contributed by atoms with Gasteiger partial charge in [-0.1, -0.05) is 6.92 Å². The Morgan fingerprint density at radius 3 is 2.79 bits per heavy atom. The van der Waals surface area contributed by atoms with Gasteiger partial charge in [0.25, 0.3) is 0 Å². The van der Waals surface area contributed by atoms with Crippen LogP contribution in [0.4, 0.5) is 0 Å². The number of esters is 1. The van der Waals surface area contributed by atoms with Gasteiger partial charge in [0, 0.05) is 13.0 Å². The van der Waals surface area contributed by atoms with Crippen molar-refractivity contribution in [3.8, 4) is 0 Å². The van der Waals surface area contributed by atoms with E-state index in [1.165, 1.54) is 0 Å². The third-order valence-electron chi connectivity index (χ3n) is 1.59. The molecule has 0 aliphatic carbocycles. The van der Waals surface area contributed by atoms with E-state index < -0.39 is 0 Å². The number of nitrogens with one attached hydrogen (secondary N) is 2. The number of hydrogen-bond acceptors (Lipinski definition) is 3. The molecule has 0 saturated heterocycles. The van der Waals surface area contributed by atoms with E-state index in [2.05, 4.69) is 5.32 Å². The van der Waals surface area contributed by atoms with Gasteiger partial charge in [-0.25, -0.2) is 0 Å². The molecule has 0 atom stereocenters.